The number of hydrogen-bond donors (Lipinski definition) is 3. The highest BCUT2D eigenvalue weighted by atomic mass is 16.3. The normalized spacial score (nSPS) is 32.2. The van der Waals surface area contributed by atoms with Crippen molar-refractivity contribution in [2.45, 2.75) is 111 Å². The van der Waals surface area contributed by atoms with Crippen molar-refractivity contribution in [2.24, 2.45) is 17.8 Å². The summed E-state index contributed by atoms with van der Waals surface area (Å²) < 4.78 is 0. The SMILES string of the molecule is CC(C)O.CC(C1CCC(O)CC1)C1CCC(O)CC1.CCC. The van der Waals surface area contributed by atoms with Gasteiger partial charge in [-0.05, 0) is 83.0 Å². The van der Waals surface area contributed by atoms with Crippen LogP contribution in [0.15, 0.2) is 0 Å². The summed E-state index contributed by atoms with van der Waals surface area (Å²) >= 11 is 0. The summed E-state index contributed by atoms with van der Waals surface area (Å²) in [5.41, 5.74) is 0. The van der Waals surface area contributed by atoms with Crippen LogP contribution < -0.4 is 0 Å². The molecule has 0 heterocycles. The molecule has 2 aliphatic carbocycles. The molecule has 2 aliphatic rings. The van der Waals surface area contributed by atoms with E-state index in [9.17, 15) is 10.2 Å². The minimum atomic E-state index is -0.167. The highest BCUT2D eigenvalue weighted by Crippen LogP contribution is 2.39. The lowest BCUT2D eigenvalue weighted by molar-refractivity contribution is 0.0523. The van der Waals surface area contributed by atoms with Crippen molar-refractivity contribution in [1.82, 2.24) is 0 Å². The quantitative estimate of drug-likeness (QED) is 0.697. The van der Waals surface area contributed by atoms with Crippen LogP contribution in [0, 0.1) is 17.8 Å². The fourth-order valence-electron chi connectivity index (χ4n) is 3.64. The van der Waals surface area contributed by atoms with E-state index in [0.29, 0.717) is 0 Å². The molecule has 0 aromatic heterocycles. The van der Waals surface area contributed by atoms with Crippen LogP contribution in [-0.4, -0.2) is 33.6 Å². The minimum Gasteiger partial charge on any atom is -0.394 e. The van der Waals surface area contributed by atoms with Crippen molar-refractivity contribution >= 4 is 0 Å². The topological polar surface area (TPSA) is 60.7 Å². The molecular formula is C20H42O3. The van der Waals surface area contributed by atoms with Crippen LogP contribution in [0.25, 0.3) is 0 Å². The first kappa shape index (κ1) is 22.9. The lowest BCUT2D eigenvalue weighted by Gasteiger charge is -2.37. The van der Waals surface area contributed by atoms with Crippen LogP contribution in [0.5, 0.6) is 0 Å². The second kappa shape index (κ2) is 13.2. The summed E-state index contributed by atoms with van der Waals surface area (Å²) in [6.45, 7) is 10.1. The summed E-state index contributed by atoms with van der Waals surface area (Å²) in [5.74, 6) is 2.44. The summed E-state index contributed by atoms with van der Waals surface area (Å²) in [7, 11) is 0. The number of hydrogen-bond acceptors (Lipinski definition) is 3. The molecule has 2 rings (SSSR count). The third-order valence-electron chi connectivity index (χ3n) is 4.97. The van der Waals surface area contributed by atoms with E-state index >= 15 is 0 Å². The van der Waals surface area contributed by atoms with Crippen LogP contribution in [-0.2, 0) is 0 Å². The van der Waals surface area contributed by atoms with Crippen LogP contribution >= 0.6 is 0 Å². The van der Waals surface area contributed by atoms with Gasteiger partial charge in [0, 0.05) is 6.10 Å². The molecule has 2 saturated carbocycles. The molecule has 0 bridgehead atoms. The Morgan fingerprint density at radius 2 is 0.913 bits per heavy atom. The standard InChI is InChI=1S/C14H26O2.C3H8O.C3H8/c1-10(11-2-6-13(15)7-3-11)12-4-8-14(16)9-5-12;1-3(2)4;1-3-2/h10-16H,2-9H2,1H3;3-4H,1-2H3;3H2,1-2H3. The van der Waals surface area contributed by atoms with Crippen molar-refractivity contribution in [2.75, 3.05) is 0 Å². The smallest absolute Gasteiger partial charge is 0.0540 e. The fourth-order valence-corrected chi connectivity index (χ4v) is 3.64. The van der Waals surface area contributed by atoms with E-state index < -0.39 is 0 Å². The maximum Gasteiger partial charge on any atom is 0.0540 e. The molecule has 2 fully saturated rings. The Morgan fingerprint density at radius 1 is 0.696 bits per heavy atom. The van der Waals surface area contributed by atoms with Gasteiger partial charge in [0.25, 0.3) is 0 Å². The molecule has 140 valence electrons. The van der Waals surface area contributed by atoms with E-state index in [2.05, 4.69) is 20.8 Å². The summed E-state index contributed by atoms with van der Waals surface area (Å²) in [6, 6.07) is 0. The summed E-state index contributed by atoms with van der Waals surface area (Å²) in [5, 5.41) is 27.1. The molecule has 0 spiro atoms. The predicted octanol–water partition coefficient (Wildman–Crippen LogP) is 4.53. The lowest BCUT2D eigenvalue weighted by Crippen LogP contribution is -2.30. The zero-order valence-electron chi connectivity index (χ0n) is 16.2. The predicted molar refractivity (Wildman–Crippen MR) is 98.4 cm³/mol. The summed E-state index contributed by atoms with van der Waals surface area (Å²) in [6.07, 6.45) is 9.88. The van der Waals surface area contributed by atoms with Gasteiger partial charge in [-0.1, -0.05) is 27.2 Å². The van der Waals surface area contributed by atoms with Gasteiger partial charge in [-0.3, -0.25) is 0 Å². The zero-order valence-corrected chi connectivity index (χ0v) is 16.2. The highest BCUT2D eigenvalue weighted by molar-refractivity contribution is 4.82. The molecule has 3 nitrogen and oxygen atoms in total. The molecule has 23 heavy (non-hydrogen) atoms. The molecular weight excluding hydrogens is 288 g/mol. The largest absolute Gasteiger partial charge is 0.394 e. The van der Waals surface area contributed by atoms with Gasteiger partial charge in [-0.25, -0.2) is 0 Å². The Labute approximate surface area is 144 Å². The molecule has 0 aromatic rings. The third-order valence-corrected chi connectivity index (χ3v) is 4.97. The first-order valence-corrected chi connectivity index (χ1v) is 9.85. The highest BCUT2D eigenvalue weighted by Gasteiger charge is 2.31. The van der Waals surface area contributed by atoms with Crippen molar-refractivity contribution in [3.8, 4) is 0 Å². The Kier molecular flexibility index (Phi) is 13.1. The van der Waals surface area contributed by atoms with Crippen molar-refractivity contribution in [1.29, 1.82) is 0 Å². The van der Waals surface area contributed by atoms with Gasteiger partial charge in [-0.2, -0.15) is 0 Å². The second-order valence-corrected chi connectivity index (χ2v) is 7.80. The average molecular weight is 331 g/mol. The van der Waals surface area contributed by atoms with Gasteiger partial charge >= 0.3 is 0 Å². The molecule has 3 heteroatoms. The maximum absolute atomic E-state index is 9.52. The van der Waals surface area contributed by atoms with Crippen LogP contribution in [0.3, 0.4) is 0 Å². The number of aliphatic hydroxyl groups is 3. The van der Waals surface area contributed by atoms with E-state index in [4.69, 9.17) is 5.11 Å². The third kappa shape index (κ3) is 11.1. The molecule has 0 amide bonds. The molecule has 0 radical (unpaired) electrons. The van der Waals surface area contributed by atoms with Gasteiger partial charge in [0.15, 0.2) is 0 Å². The Bertz CT molecular complexity index is 227. The van der Waals surface area contributed by atoms with E-state index in [0.717, 1.165) is 43.4 Å². The molecule has 0 unspecified atom stereocenters. The van der Waals surface area contributed by atoms with Gasteiger partial charge in [0.1, 0.15) is 0 Å². The Morgan fingerprint density at radius 3 is 1.13 bits per heavy atom. The summed E-state index contributed by atoms with van der Waals surface area (Å²) in [4.78, 5) is 0. The van der Waals surface area contributed by atoms with Gasteiger partial charge in [-0.15, -0.1) is 0 Å². The van der Waals surface area contributed by atoms with Crippen molar-refractivity contribution in [3.63, 3.8) is 0 Å². The van der Waals surface area contributed by atoms with Gasteiger partial charge in [0.2, 0.25) is 0 Å². The maximum atomic E-state index is 9.52. The molecule has 0 aromatic carbocycles. The zero-order chi connectivity index (χ0) is 17.8. The monoisotopic (exact) mass is 330 g/mol. The van der Waals surface area contributed by atoms with E-state index in [1.165, 1.54) is 32.1 Å². The first-order chi connectivity index (χ1) is 10.8. The van der Waals surface area contributed by atoms with Crippen LogP contribution in [0.2, 0.25) is 0 Å². The van der Waals surface area contributed by atoms with E-state index in [1.807, 2.05) is 0 Å². The van der Waals surface area contributed by atoms with Gasteiger partial charge in [0.05, 0.1) is 12.2 Å². The van der Waals surface area contributed by atoms with Crippen LogP contribution in [0.4, 0.5) is 0 Å². The van der Waals surface area contributed by atoms with E-state index in [1.54, 1.807) is 13.8 Å². The second-order valence-electron chi connectivity index (χ2n) is 7.80. The molecule has 0 aliphatic heterocycles. The number of rotatable bonds is 2. The molecule has 0 atom stereocenters. The first-order valence-electron chi connectivity index (χ1n) is 9.85. The fraction of sp³-hybridized carbons (Fsp3) is 1.00. The lowest BCUT2D eigenvalue weighted by atomic mass is 9.70. The molecule has 3 N–H and O–H groups in total. The van der Waals surface area contributed by atoms with Crippen molar-refractivity contribution in [3.05, 3.63) is 0 Å². The number of aliphatic hydroxyl groups excluding tert-OH is 3. The Hall–Kier alpha value is -0.120. The Balaban J connectivity index is 0.000000591. The minimum absolute atomic E-state index is 0.0309. The van der Waals surface area contributed by atoms with Crippen molar-refractivity contribution < 1.29 is 15.3 Å². The average Bonchev–Trinajstić information content (AvgIpc) is 2.48. The molecule has 0 saturated heterocycles. The van der Waals surface area contributed by atoms with Crippen LogP contribution in [0.1, 0.15) is 92.4 Å². The van der Waals surface area contributed by atoms with Gasteiger partial charge < -0.3 is 15.3 Å². The van der Waals surface area contributed by atoms with E-state index in [-0.39, 0.29) is 18.3 Å².